The Labute approximate surface area is 175 Å². The van der Waals surface area contributed by atoms with Gasteiger partial charge >= 0.3 is 0 Å². The molecule has 1 unspecified atom stereocenters. The molecule has 4 rings (SSSR count). The molecule has 6 nitrogen and oxygen atoms in total. The lowest BCUT2D eigenvalue weighted by atomic mass is 9.87. The van der Waals surface area contributed by atoms with E-state index in [0.29, 0.717) is 11.0 Å². The predicted molar refractivity (Wildman–Crippen MR) is 116 cm³/mol. The monoisotopic (exact) mass is 407 g/mol. The molecule has 150 valence electrons. The Hall–Kier alpha value is -2.80. The van der Waals surface area contributed by atoms with Crippen molar-refractivity contribution < 1.29 is 4.79 Å². The molecule has 3 aromatic rings. The number of aromatic nitrogens is 3. The number of aryl methyl sites for hydroxylation is 2. The van der Waals surface area contributed by atoms with Gasteiger partial charge in [0, 0.05) is 12.6 Å². The zero-order valence-corrected chi connectivity index (χ0v) is 17.5. The predicted octanol–water partition coefficient (Wildman–Crippen LogP) is 3.60. The van der Waals surface area contributed by atoms with Crippen LogP contribution in [-0.2, 0) is 11.2 Å². The van der Waals surface area contributed by atoms with Crippen molar-refractivity contribution in [2.45, 2.75) is 37.4 Å². The molecule has 2 aromatic carbocycles. The van der Waals surface area contributed by atoms with Gasteiger partial charge in [0.1, 0.15) is 0 Å². The Kier molecular flexibility index (Phi) is 5.58. The van der Waals surface area contributed by atoms with E-state index in [0.717, 1.165) is 24.8 Å². The molecular formula is C22H25N5OS. The van der Waals surface area contributed by atoms with Gasteiger partial charge in [-0.3, -0.25) is 4.79 Å². The van der Waals surface area contributed by atoms with Crippen LogP contribution in [0.2, 0.25) is 0 Å². The van der Waals surface area contributed by atoms with Gasteiger partial charge in [-0.05, 0) is 37.3 Å². The van der Waals surface area contributed by atoms with Gasteiger partial charge in [0.2, 0.25) is 11.1 Å². The van der Waals surface area contributed by atoms with Crippen LogP contribution in [0.4, 0.5) is 0 Å². The Morgan fingerprint density at radius 3 is 2.76 bits per heavy atom. The smallest absolute Gasteiger partial charge is 0.233 e. The van der Waals surface area contributed by atoms with Crippen molar-refractivity contribution in [1.82, 2.24) is 19.8 Å². The molecule has 7 heteroatoms. The summed E-state index contributed by atoms with van der Waals surface area (Å²) in [5, 5.41) is 8.91. The number of carbonyl (C=O) groups is 1. The molecule has 1 aliphatic rings. The highest BCUT2D eigenvalue weighted by molar-refractivity contribution is 7.99. The van der Waals surface area contributed by atoms with Gasteiger partial charge in [-0.1, -0.05) is 65.9 Å². The maximum absolute atomic E-state index is 12.9. The van der Waals surface area contributed by atoms with Crippen molar-refractivity contribution in [3.05, 3.63) is 65.2 Å². The van der Waals surface area contributed by atoms with Gasteiger partial charge in [-0.25, -0.2) is 4.68 Å². The molecule has 0 fully saturated rings. The first-order chi connectivity index (χ1) is 14.0. The lowest BCUT2D eigenvalue weighted by Gasteiger charge is -2.33. The van der Waals surface area contributed by atoms with Crippen molar-refractivity contribution >= 4 is 17.7 Å². The van der Waals surface area contributed by atoms with Crippen LogP contribution in [0.3, 0.4) is 0 Å². The van der Waals surface area contributed by atoms with Gasteiger partial charge < -0.3 is 10.7 Å². The maximum Gasteiger partial charge on any atom is 0.233 e. The zero-order chi connectivity index (χ0) is 20.4. The molecule has 1 amide bonds. The van der Waals surface area contributed by atoms with Crippen molar-refractivity contribution in [1.29, 1.82) is 0 Å². The van der Waals surface area contributed by atoms with Crippen molar-refractivity contribution in [2.24, 2.45) is 0 Å². The Balaban J connectivity index is 1.43. The second-order valence-corrected chi connectivity index (χ2v) is 8.38. The number of carbonyl (C=O) groups excluding carboxylic acids is 1. The van der Waals surface area contributed by atoms with E-state index >= 15 is 0 Å². The summed E-state index contributed by atoms with van der Waals surface area (Å²) in [6, 6.07) is 16.5. The van der Waals surface area contributed by atoms with E-state index in [1.165, 1.54) is 33.1 Å². The molecule has 1 aliphatic carbocycles. The summed E-state index contributed by atoms with van der Waals surface area (Å²) in [5.74, 6) is 7.12. The van der Waals surface area contributed by atoms with E-state index in [9.17, 15) is 4.79 Å². The third-order valence-electron chi connectivity index (χ3n) is 5.50. The molecule has 1 atom stereocenters. The van der Waals surface area contributed by atoms with Crippen LogP contribution in [-0.4, -0.2) is 38.5 Å². The molecule has 0 bridgehead atoms. The van der Waals surface area contributed by atoms with Crippen LogP contribution in [0.5, 0.6) is 0 Å². The number of rotatable bonds is 5. The molecule has 29 heavy (non-hydrogen) atoms. The molecule has 0 saturated heterocycles. The van der Waals surface area contributed by atoms with E-state index in [1.807, 2.05) is 49.2 Å². The van der Waals surface area contributed by atoms with Crippen LogP contribution < -0.4 is 5.84 Å². The summed E-state index contributed by atoms with van der Waals surface area (Å²) in [4.78, 5) is 14.7. The van der Waals surface area contributed by atoms with Gasteiger partial charge in [0.15, 0.2) is 5.82 Å². The number of benzene rings is 2. The summed E-state index contributed by atoms with van der Waals surface area (Å²) in [5.41, 5.74) is 4.69. The van der Waals surface area contributed by atoms with Crippen molar-refractivity contribution in [2.75, 3.05) is 18.6 Å². The number of nitrogen functional groups attached to an aromatic ring is 1. The number of hydrogen-bond donors (Lipinski definition) is 1. The highest BCUT2D eigenvalue weighted by atomic mass is 32.2. The van der Waals surface area contributed by atoms with E-state index in [2.05, 4.69) is 28.4 Å². The van der Waals surface area contributed by atoms with Crippen LogP contribution in [0.1, 0.15) is 35.6 Å². The number of hydrogen-bond acceptors (Lipinski definition) is 5. The normalized spacial score (nSPS) is 15.7. The Bertz CT molecular complexity index is 1010. The molecule has 0 spiro atoms. The Morgan fingerprint density at radius 1 is 1.21 bits per heavy atom. The van der Waals surface area contributed by atoms with E-state index in [1.54, 1.807) is 0 Å². The molecule has 2 N–H and O–H groups in total. The summed E-state index contributed by atoms with van der Waals surface area (Å²) in [6.45, 7) is 2.03. The van der Waals surface area contributed by atoms with Crippen LogP contribution in [0.25, 0.3) is 11.4 Å². The fraction of sp³-hybridized carbons (Fsp3) is 0.318. The first kappa shape index (κ1) is 19.5. The minimum atomic E-state index is 0.0663. The average Bonchev–Trinajstić information content (AvgIpc) is 3.12. The molecular weight excluding hydrogens is 382 g/mol. The van der Waals surface area contributed by atoms with Crippen LogP contribution in [0, 0.1) is 6.92 Å². The summed E-state index contributed by atoms with van der Waals surface area (Å²) in [6.07, 6.45) is 3.18. The maximum atomic E-state index is 12.9. The van der Waals surface area contributed by atoms with E-state index in [-0.39, 0.29) is 17.7 Å². The van der Waals surface area contributed by atoms with E-state index < -0.39 is 0 Å². The molecule has 1 aromatic heterocycles. The molecule has 0 aliphatic heterocycles. The summed E-state index contributed by atoms with van der Waals surface area (Å²) >= 11 is 1.32. The van der Waals surface area contributed by atoms with Gasteiger partial charge in [-0.15, -0.1) is 10.2 Å². The summed E-state index contributed by atoms with van der Waals surface area (Å²) in [7, 11) is 1.89. The number of nitrogens with zero attached hydrogens (tertiary/aromatic N) is 4. The fourth-order valence-electron chi connectivity index (χ4n) is 3.81. The quantitative estimate of drug-likeness (QED) is 0.517. The largest absolute Gasteiger partial charge is 0.338 e. The average molecular weight is 408 g/mol. The topological polar surface area (TPSA) is 77.0 Å². The lowest BCUT2D eigenvalue weighted by Crippen LogP contribution is -2.34. The minimum Gasteiger partial charge on any atom is -0.338 e. The summed E-state index contributed by atoms with van der Waals surface area (Å²) < 4.78 is 1.46. The zero-order valence-electron chi connectivity index (χ0n) is 16.7. The lowest BCUT2D eigenvalue weighted by molar-refractivity contribution is -0.129. The van der Waals surface area contributed by atoms with Gasteiger partial charge in [0.05, 0.1) is 11.8 Å². The first-order valence-electron chi connectivity index (χ1n) is 9.78. The molecule has 1 heterocycles. The Morgan fingerprint density at radius 2 is 1.97 bits per heavy atom. The van der Waals surface area contributed by atoms with Crippen LogP contribution in [0.15, 0.2) is 53.7 Å². The SMILES string of the molecule is Cc1ccc(-c2nnc(SCC(=O)N(C)C3CCCc4ccccc43)n2N)cc1. The van der Waals surface area contributed by atoms with Crippen LogP contribution >= 0.6 is 11.8 Å². The molecule has 0 radical (unpaired) electrons. The highest BCUT2D eigenvalue weighted by Gasteiger charge is 2.26. The number of thioether (sulfide) groups is 1. The second kappa shape index (κ2) is 8.29. The number of fused-ring (bicyclic) bond motifs is 1. The third kappa shape index (κ3) is 4.00. The number of amides is 1. The number of nitrogens with two attached hydrogens (primary N) is 1. The second-order valence-electron chi connectivity index (χ2n) is 7.44. The van der Waals surface area contributed by atoms with Crippen molar-refractivity contribution in [3.8, 4) is 11.4 Å². The van der Waals surface area contributed by atoms with Gasteiger partial charge in [0.25, 0.3) is 0 Å². The fourth-order valence-corrected chi connectivity index (χ4v) is 4.59. The third-order valence-corrected chi connectivity index (χ3v) is 6.43. The minimum absolute atomic E-state index is 0.0663. The first-order valence-corrected chi connectivity index (χ1v) is 10.8. The standard InChI is InChI=1S/C22H25N5OS/c1-15-10-12-17(13-11-15)21-24-25-22(27(21)23)29-14-20(28)26(2)19-9-5-7-16-6-3-4-8-18(16)19/h3-4,6,8,10-13,19H,5,7,9,14,23H2,1-2H3. The van der Waals surface area contributed by atoms with Gasteiger partial charge in [-0.2, -0.15) is 0 Å². The highest BCUT2D eigenvalue weighted by Crippen LogP contribution is 2.34. The van der Waals surface area contributed by atoms with E-state index in [4.69, 9.17) is 5.84 Å². The van der Waals surface area contributed by atoms with Crippen molar-refractivity contribution in [3.63, 3.8) is 0 Å². The molecule has 0 saturated carbocycles.